The second kappa shape index (κ2) is 6.82. The van der Waals surface area contributed by atoms with Gasteiger partial charge in [-0.1, -0.05) is 18.2 Å². The standard InChI is InChI=1S/C19H23N5O/c1-20-18-9-5-7-15(21-18)17-12-24(10-11-25-17)13-19-22-14-6-3-4-8-16(14)23(19)2/h3-9,17H,10-13H2,1-2H3,(H,20,21). The van der Waals surface area contributed by atoms with Crippen LogP contribution in [0.1, 0.15) is 17.6 Å². The lowest BCUT2D eigenvalue weighted by molar-refractivity contribution is -0.0358. The van der Waals surface area contributed by atoms with E-state index in [2.05, 4.69) is 45.0 Å². The van der Waals surface area contributed by atoms with E-state index in [0.29, 0.717) is 6.61 Å². The van der Waals surface area contributed by atoms with Crippen molar-refractivity contribution in [1.82, 2.24) is 19.4 Å². The average molecular weight is 337 g/mol. The number of aromatic nitrogens is 3. The highest BCUT2D eigenvalue weighted by Crippen LogP contribution is 2.23. The maximum Gasteiger partial charge on any atom is 0.126 e. The third kappa shape index (κ3) is 3.23. The van der Waals surface area contributed by atoms with Crippen molar-refractivity contribution < 1.29 is 4.74 Å². The molecule has 0 bridgehead atoms. The lowest BCUT2D eigenvalue weighted by Gasteiger charge is -2.32. The highest BCUT2D eigenvalue weighted by atomic mass is 16.5. The summed E-state index contributed by atoms with van der Waals surface area (Å²) >= 11 is 0. The van der Waals surface area contributed by atoms with Crippen LogP contribution < -0.4 is 5.32 Å². The van der Waals surface area contributed by atoms with Gasteiger partial charge >= 0.3 is 0 Å². The fourth-order valence-corrected chi connectivity index (χ4v) is 3.33. The van der Waals surface area contributed by atoms with Gasteiger partial charge in [0.1, 0.15) is 17.7 Å². The van der Waals surface area contributed by atoms with Gasteiger partial charge in [-0.3, -0.25) is 4.90 Å². The molecule has 25 heavy (non-hydrogen) atoms. The second-order valence-corrected chi connectivity index (χ2v) is 6.37. The fourth-order valence-electron chi connectivity index (χ4n) is 3.33. The number of benzene rings is 1. The van der Waals surface area contributed by atoms with Gasteiger partial charge in [0, 0.05) is 27.2 Å². The van der Waals surface area contributed by atoms with E-state index in [1.807, 2.05) is 31.3 Å². The first-order chi connectivity index (χ1) is 12.2. The number of nitrogens with zero attached hydrogens (tertiary/aromatic N) is 4. The highest BCUT2D eigenvalue weighted by molar-refractivity contribution is 5.75. The van der Waals surface area contributed by atoms with E-state index >= 15 is 0 Å². The van der Waals surface area contributed by atoms with Gasteiger partial charge in [-0.2, -0.15) is 0 Å². The molecule has 130 valence electrons. The summed E-state index contributed by atoms with van der Waals surface area (Å²) in [5, 5.41) is 3.09. The first-order valence-electron chi connectivity index (χ1n) is 8.63. The molecule has 3 aromatic rings. The molecule has 6 nitrogen and oxygen atoms in total. The number of anilines is 1. The van der Waals surface area contributed by atoms with Gasteiger partial charge in [0.05, 0.1) is 29.9 Å². The number of fused-ring (bicyclic) bond motifs is 1. The molecule has 0 aliphatic carbocycles. The largest absolute Gasteiger partial charge is 0.373 e. The summed E-state index contributed by atoms with van der Waals surface area (Å²) in [5.41, 5.74) is 3.19. The number of para-hydroxylation sites is 2. The SMILES string of the molecule is CNc1cccc(C2CN(Cc3nc4ccccc4n3C)CCO2)n1. The van der Waals surface area contributed by atoms with E-state index in [-0.39, 0.29) is 6.10 Å². The summed E-state index contributed by atoms with van der Waals surface area (Å²) in [6, 6.07) is 14.3. The monoisotopic (exact) mass is 337 g/mol. The van der Waals surface area contributed by atoms with E-state index in [0.717, 1.165) is 42.5 Å². The molecule has 0 spiro atoms. The molecule has 1 aliphatic rings. The van der Waals surface area contributed by atoms with Crippen LogP contribution in [0.3, 0.4) is 0 Å². The Morgan fingerprint density at radius 1 is 1.16 bits per heavy atom. The van der Waals surface area contributed by atoms with Gasteiger partial charge in [-0.05, 0) is 24.3 Å². The van der Waals surface area contributed by atoms with Crippen molar-refractivity contribution in [2.75, 3.05) is 32.1 Å². The Bertz CT molecular complexity index is 875. The maximum atomic E-state index is 5.96. The number of nitrogens with one attached hydrogen (secondary N) is 1. The molecule has 0 amide bonds. The summed E-state index contributed by atoms with van der Waals surface area (Å²) in [5.74, 6) is 1.95. The maximum absolute atomic E-state index is 5.96. The Balaban J connectivity index is 1.51. The molecule has 1 N–H and O–H groups in total. The van der Waals surface area contributed by atoms with Gasteiger partial charge in [0.25, 0.3) is 0 Å². The fraction of sp³-hybridized carbons (Fsp3) is 0.368. The normalized spacial score (nSPS) is 18.6. The summed E-state index contributed by atoms with van der Waals surface area (Å²) in [7, 11) is 3.96. The molecule has 4 rings (SSSR count). The quantitative estimate of drug-likeness (QED) is 0.793. The van der Waals surface area contributed by atoms with Crippen LogP contribution in [0.2, 0.25) is 0 Å². The molecule has 1 aliphatic heterocycles. The zero-order chi connectivity index (χ0) is 17.2. The third-order valence-electron chi connectivity index (χ3n) is 4.75. The summed E-state index contributed by atoms with van der Waals surface area (Å²) in [6.45, 7) is 3.26. The molecule has 1 atom stereocenters. The van der Waals surface area contributed by atoms with Crippen LogP contribution in [0.15, 0.2) is 42.5 Å². The number of hydrogen-bond acceptors (Lipinski definition) is 5. The number of pyridine rings is 1. The third-order valence-corrected chi connectivity index (χ3v) is 4.75. The zero-order valence-corrected chi connectivity index (χ0v) is 14.6. The molecule has 1 fully saturated rings. The van der Waals surface area contributed by atoms with Crippen LogP contribution in [0.5, 0.6) is 0 Å². The number of morpholine rings is 1. The molecule has 0 radical (unpaired) electrons. The summed E-state index contributed by atoms with van der Waals surface area (Å²) in [4.78, 5) is 11.8. The van der Waals surface area contributed by atoms with E-state index in [1.54, 1.807) is 0 Å². The van der Waals surface area contributed by atoms with Crippen molar-refractivity contribution in [2.24, 2.45) is 7.05 Å². The first kappa shape index (κ1) is 16.1. The number of rotatable bonds is 4. The van der Waals surface area contributed by atoms with Crippen LogP contribution in [-0.4, -0.2) is 46.2 Å². The van der Waals surface area contributed by atoms with E-state index in [9.17, 15) is 0 Å². The molecule has 2 aromatic heterocycles. The van der Waals surface area contributed by atoms with Crippen molar-refractivity contribution in [3.8, 4) is 0 Å². The first-order valence-corrected chi connectivity index (χ1v) is 8.63. The highest BCUT2D eigenvalue weighted by Gasteiger charge is 2.24. The minimum absolute atomic E-state index is 0.00302. The molecule has 1 aromatic carbocycles. The molecule has 6 heteroatoms. The molecule has 1 saturated heterocycles. The molecule has 3 heterocycles. The van der Waals surface area contributed by atoms with Gasteiger partial charge in [0.15, 0.2) is 0 Å². The molecule has 1 unspecified atom stereocenters. The Hall–Kier alpha value is -2.44. The van der Waals surface area contributed by atoms with Crippen molar-refractivity contribution in [3.05, 3.63) is 54.0 Å². The van der Waals surface area contributed by atoms with Crippen molar-refractivity contribution in [2.45, 2.75) is 12.6 Å². The van der Waals surface area contributed by atoms with Gasteiger partial charge in [-0.15, -0.1) is 0 Å². The zero-order valence-electron chi connectivity index (χ0n) is 14.6. The van der Waals surface area contributed by atoms with Crippen molar-refractivity contribution >= 4 is 16.9 Å². The predicted molar refractivity (Wildman–Crippen MR) is 98.5 cm³/mol. The van der Waals surface area contributed by atoms with Crippen LogP contribution in [0, 0.1) is 0 Å². The van der Waals surface area contributed by atoms with Crippen LogP contribution in [0.25, 0.3) is 11.0 Å². The number of imidazole rings is 1. The number of ether oxygens (including phenoxy) is 1. The van der Waals surface area contributed by atoms with Crippen LogP contribution in [0.4, 0.5) is 5.82 Å². The lowest BCUT2D eigenvalue weighted by Crippen LogP contribution is -2.38. The minimum Gasteiger partial charge on any atom is -0.373 e. The van der Waals surface area contributed by atoms with E-state index in [1.165, 1.54) is 5.52 Å². The average Bonchev–Trinajstić information content (AvgIpc) is 2.98. The Labute approximate surface area is 147 Å². The van der Waals surface area contributed by atoms with Gasteiger partial charge in [0.2, 0.25) is 0 Å². The minimum atomic E-state index is -0.00302. The predicted octanol–water partition coefficient (Wildman–Crippen LogP) is 2.58. The number of hydrogen-bond donors (Lipinski definition) is 1. The Morgan fingerprint density at radius 2 is 2.04 bits per heavy atom. The van der Waals surface area contributed by atoms with Gasteiger partial charge in [-0.25, -0.2) is 9.97 Å². The van der Waals surface area contributed by atoms with Gasteiger partial charge < -0.3 is 14.6 Å². The number of aryl methyl sites for hydroxylation is 1. The topological polar surface area (TPSA) is 55.2 Å². The van der Waals surface area contributed by atoms with Crippen molar-refractivity contribution in [1.29, 1.82) is 0 Å². The van der Waals surface area contributed by atoms with Crippen LogP contribution in [-0.2, 0) is 18.3 Å². The van der Waals surface area contributed by atoms with E-state index < -0.39 is 0 Å². The van der Waals surface area contributed by atoms with E-state index in [4.69, 9.17) is 9.72 Å². The lowest BCUT2D eigenvalue weighted by atomic mass is 10.2. The summed E-state index contributed by atoms with van der Waals surface area (Å²) < 4.78 is 8.14. The van der Waals surface area contributed by atoms with Crippen LogP contribution >= 0.6 is 0 Å². The Morgan fingerprint density at radius 3 is 2.88 bits per heavy atom. The molecular formula is C19H23N5O. The molecular weight excluding hydrogens is 314 g/mol. The second-order valence-electron chi connectivity index (χ2n) is 6.37. The summed E-state index contributed by atoms with van der Waals surface area (Å²) in [6.07, 6.45) is -0.00302. The van der Waals surface area contributed by atoms with Crippen molar-refractivity contribution in [3.63, 3.8) is 0 Å². The smallest absolute Gasteiger partial charge is 0.126 e. The molecule has 0 saturated carbocycles. The Kier molecular flexibility index (Phi) is 4.38.